The Labute approximate surface area is 288 Å². The third-order valence-corrected chi connectivity index (χ3v) is 8.52. The molecule has 0 radical (unpaired) electrons. The van der Waals surface area contributed by atoms with E-state index in [1.165, 1.54) is 0 Å². The molecule has 1 amide bonds. The number of thioether (sulfide) groups is 1. The molecule has 9 nitrogen and oxygen atoms in total. The summed E-state index contributed by atoms with van der Waals surface area (Å²) in [6.07, 6.45) is 6.57. The quantitative estimate of drug-likeness (QED) is 0.0980. The van der Waals surface area contributed by atoms with Crippen molar-refractivity contribution in [1.29, 1.82) is 0 Å². The fourth-order valence-corrected chi connectivity index (χ4v) is 5.88. The maximum atomic E-state index is 12.7. The molecule has 0 atom stereocenters. The second kappa shape index (κ2) is 17.9. The number of carbonyl (C=O) groups is 4. The summed E-state index contributed by atoms with van der Waals surface area (Å²) in [6, 6.07) is 13.6. The van der Waals surface area contributed by atoms with Crippen molar-refractivity contribution in [3.8, 4) is 5.75 Å². The van der Waals surface area contributed by atoms with Crippen molar-refractivity contribution in [1.82, 2.24) is 5.32 Å². The Morgan fingerprint density at radius 3 is 1.79 bits per heavy atom. The molecule has 0 saturated heterocycles. The lowest BCUT2D eigenvalue weighted by Gasteiger charge is -2.28. The number of para-hydroxylation sites is 1. The van der Waals surface area contributed by atoms with Gasteiger partial charge >= 0.3 is 11.9 Å². The number of carbonyl (C=O) groups excluding carboxylic acids is 4. The van der Waals surface area contributed by atoms with E-state index in [1.54, 1.807) is 0 Å². The summed E-state index contributed by atoms with van der Waals surface area (Å²) in [5.41, 5.74) is 3.92. The van der Waals surface area contributed by atoms with Crippen molar-refractivity contribution in [2.45, 2.75) is 109 Å². The van der Waals surface area contributed by atoms with Gasteiger partial charge in [-0.25, -0.2) is 0 Å². The van der Waals surface area contributed by atoms with E-state index < -0.39 is 11.9 Å². The molecule has 0 bridgehead atoms. The Balaban J connectivity index is 1.27. The lowest BCUT2D eigenvalue weighted by molar-refractivity contribution is -0.152. The Hall–Kier alpha value is -4.05. The van der Waals surface area contributed by atoms with E-state index in [4.69, 9.17) is 9.47 Å². The Morgan fingerprint density at radius 2 is 1.27 bits per heavy atom. The molecule has 10 heteroatoms. The van der Waals surface area contributed by atoms with Crippen molar-refractivity contribution in [3.05, 3.63) is 77.1 Å². The Kier molecular flexibility index (Phi) is 14.3. The monoisotopic (exact) mass is 678 g/mol. The summed E-state index contributed by atoms with van der Waals surface area (Å²) >= 11 is 1.11. The molecule has 0 spiro atoms. The number of esters is 2. The minimum absolute atomic E-state index is 0.0719. The van der Waals surface area contributed by atoms with Crippen molar-refractivity contribution in [2.75, 3.05) is 18.5 Å². The van der Waals surface area contributed by atoms with E-state index in [-0.39, 0.29) is 66.5 Å². The van der Waals surface area contributed by atoms with Gasteiger partial charge in [-0.05, 0) is 72.9 Å². The van der Waals surface area contributed by atoms with Crippen LogP contribution in [0.3, 0.4) is 0 Å². The molecule has 0 aromatic heterocycles. The van der Waals surface area contributed by atoms with Crippen LogP contribution < -0.4 is 10.6 Å². The standard InChI is InChI=1S/C38H50N2O7S/c1-37(2,3)30-24-29(25-31(36(30)45)38(4,5)6)48-35(44)17-11-16-34(43)47-23-22-46-33(42)15-10-14-32(41)40-28-20-18-27(19-21-28)39-26-12-8-7-9-13-26/h7-9,12-13,18,20,24-25,39,45H,10-11,14-17,19,21-23H2,1-6H3,(H,40,41). The zero-order valence-corrected chi connectivity index (χ0v) is 29.9. The van der Waals surface area contributed by atoms with E-state index in [1.807, 2.05) is 96.2 Å². The molecule has 1 aliphatic rings. The molecule has 1 aliphatic carbocycles. The molecule has 48 heavy (non-hydrogen) atoms. The Morgan fingerprint density at radius 1 is 0.750 bits per heavy atom. The second-order valence-electron chi connectivity index (χ2n) is 13.9. The van der Waals surface area contributed by atoms with Gasteiger partial charge in [0.1, 0.15) is 19.0 Å². The molecule has 260 valence electrons. The van der Waals surface area contributed by atoms with Crippen LogP contribution in [0.5, 0.6) is 5.75 Å². The highest BCUT2D eigenvalue weighted by Crippen LogP contribution is 2.42. The number of aromatic hydroxyl groups is 1. The first-order valence-electron chi connectivity index (χ1n) is 16.5. The number of phenols is 1. The molecule has 2 aromatic rings. The molecule has 0 aliphatic heterocycles. The summed E-state index contributed by atoms with van der Waals surface area (Å²) in [5, 5.41) is 17.1. The maximum Gasteiger partial charge on any atom is 0.305 e. The van der Waals surface area contributed by atoms with Gasteiger partial charge < -0.3 is 25.2 Å². The molecular weight excluding hydrogens is 628 g/mol. The van der Waals surface area contributed by atoms with Gasteiger partial charge in [-0.2, -0.15) is 0 Å². The van der Waals surface area contributed by atoms with Gasteiger partial charge in [-0.3, -0.25) is 19.2 Å². The van der Waals surface area contributed by atoms with Crippen LogP contribution in [-0.4, -0.2) is 41.3 Å². The maximum absolute atomic E-state index is 12.7. The van der Waals surface area contributed by atoms with E-state index in [0.717, 1.165) is 51.3 Å². The lowest BCUT2D eigenvalue weighted by atomic mass is 9.79. The van der Waals surface area contributed by atoms with Crippen molar-refractivity contribution >= 4 is 40.4 Å². The van der Waals surface area contributed by atoms with Crippen LogP contribution in [0.15, 0.2) is 70.9 Å². The fourth-order valence-electron chi connectivity index (χ4n) is 5.01. The van der Waals surface area contributed by atoms with Crippen LogP contribution in [0.25, 0.3) is 0 Å². The van der Waals surface area contributed by atoms with Gasteiger partial charge in [0.15, 0.2) is 5.12 Å². The fraction of sp³-hybridized carbons (Fsp3) is 0.474. The predicted molar refractivity (Wildman–Crippen MR) is 190 cm³/mol. The first-order chi connectivity index (χ1) is 22.6. The molecular formula is C38H50N2O7S. The smallest absolute Gasteiger partial charge is 0.305 e. The van der Waals surface area contributed by atoms with Crippen LogP contribution in [-0.2, 0) is 39.5 Å². The number of nitrogens with one attached hydrogen (secondary N) is 2. The highest BCUT2D eigenvalue weighted by molar-refractivity contribution is 8.13. The van der Waals surface area contributed by atoms with Crippen molar-refractivity contribution in [3.63, 3.8) is 0 Å². The molecule has 3 rings (SSSR count). The first-order valence-corrected chi connectivity index (χ1v) is 17.3. The number of allylic oxidation sites excluding steroid dienone is 4. The molecule has 0 heterocycles. The van der Waals surface area contributed by atoms with Crippen LogP contribution in [0.1, 0.15) is 104 Å². The topological polar surface area (TPSA) is 131 Å². The summed E-state index contributed by atoms with van der Waals surface area (Å²) in [6.45, 7) is 12.0. The number of phenolic OH excluding ortho intramolecular Hbond substituents is 1. The summed E-state index contributed by atoms with van der Waals surface area (Å²) in [5.74, 6) is -0.818. The third kappa shape index (κ3) is 13.2. The summed E-state index contributed by atoms with van der Waals surface area (Å²) < 4.78 is 10.3. The zero-order chi connectivity index (χ0) is 35.3. The third-order valence-electron chi connectivity index (χ3n) is 7.62. The van der Waals surface area contributed by atoms with Crippen molar-refractivity contribution in [2.24, 2.45) is 0 Å². The Bertz CT molecular complexity index is 1470. The van der Waals surface area contributed by atoms with E-state index in [9.17, 15) is 24.3 Å². The summed E-state index contributed by atoms with van der Waals surface area (Å²) in [7, 11) is 0. The van der Waals surface area contributed by atoms with Gasteiger partial charge in [-0.15, -0.1) is 0 Å². The zero-order valence-electron chi connectivity index (χ0n) is 29.1. The van der Waals surface area contributed by atoms with E-state index in [2.05, 4.69) is 10.6 Å². The molecule has 2 aromatic carbocycles. The number of benzene rings is 2. The molecule has 0 fully saturated rings. The van der Waals surface area contributed by atoms with Crippen LogP contribution in [0, 0.1) is 0 Å². The predicted octanol–water partition coefficient (Wildman–Crippen LogP) is 7.82. The van der Waals surface area contributed by atoms with Gasteiger partial charge in [-0.1, -0.05) is 71.5 Å². The largest absolute Gasteiger partial charge is 0.507 e. The van der Waals surface area contributed by atoms with Crippen molar-refractivity contribution < 1.29 is 33.8 Å². The highest BCUT2D eigenvalue weighted by atomic mass is 32.2. The van der Waals surface area contributed by atoms with Gasteiger partial charge in [0.25, 0.3) is 0 Å². The lowest BCUT2D eigenvalue weighted by Crippen LogP contribution is -2.24. The number of rotatable bonds is 15. The average Bonchev–Trinajstić information content (AvgIpc) is 3.00. The number of hydrogen-bond donors (Lipinski definition) is 3. The highest BCUT2D eigenvalue weighted by Gasteiger charge is 2.27. The van der Waals surface area contributed by atoms with Gasteiger partial charge in [0, 0.05) is 58.8 Å². The van der Waals surface area contributed by atoms with E-state index >= 15 is 0 Å². The number of anilines is 1. The summed E-state index contributed by atoms with van der Waals surface area (Å²) in [4.78, 5) is 49.9. The van der Waals surface area contributed by atoms with Crippen LogP contribution in [0.2, 0.25) is 0 Å². The van der Waals surface area contributed by atoms with E-state index in [0.29, 0.717) is 19.3 Å². The van der Waals surface area contributed by atoms with Gasteiger partial charge in [0.2, 0.25) is 5.91 Å². The second-order valence-corrected chi connectivity index (χ2v) is 15.0. The number of hydrogen-bond acceptors (Lipinski definition) is 9. The first kappa shape index (κ1) is 38.4. The van der Waals surface area contributed by atoms with Gasteiger partial charge in [0.05, 0.1) is 0 Å². The average molecular weight is 679 g/mol. The normalized spacial score (nSPS) is 13.2. The molecule has 0 saturated carbocycles. The molecule has 0 unspecified atom stereocenters. The number of amides is 1. The molecule has 3 N–H and O–H groups in total. The van der Waals surface area contributed by atoms with Crippen LogP contribution in [0.4, 0.5) is 5.69 Å². The number of ether oxygens (including phenoxy) is 2. The minimum atomic E-state index is -0.468. The SMILES string of the molecule is CC(C)(C)c1cc(SC(=O)CCCC(=O)OCCOC(=O)CCCC(=O)NC2=CC=C(Nc3ccccc3)CC2)cc(C(C)(C)C)c1O. The van der Waals surface area contributed by atoms with Crippen LogP contribution >= 0.6 is 11.8 Å². The minimum Gasteiger partial charge on any atom is -0.507 e.